The first-order valence-electron chi connectivity index (χ1n) is 10.0. The first-order chi connectivity index (χ1) is 15.5. The highest BCUT2D eigenvalue weighted by atomic mass is 35.5. The Kier molecular flexibility index (Phi) is 5.36. The zero-order valence-electron chi connectivity index (χ0n) is 17.2. The fourth-order valence-corrected chi connectivity index (χ4v) is 4.47. The van der Waals surface area contributed by atoms with Gasteiger partial charge in [0.15, 0.2) is 10.9 Å². The van der Waals surface area contributed by atoms with Crippen molar-refractivity contribution in [2.45, 2.75) is 13.1 Å². The summed E-state index contributed by atoms with van der Waals surface area (Å²) in [4.78, 5) is 17.9. The molecular formula is C24H19ClN4O2S. The topological polar surface area (TPSA) is 70.2 Å². The number of hydrazone groups is 1. The van der Waals surface area contributed by atoms with E-state index in [4.69, 9.17) is 21.0 Å². The SMILES string of the molecule is C=CCSC1=NN2C(=c3ccccc3=N[C@H]2c2ccc(-c3cc(Cl)ccc3C)o2)C(=O)N1. The lowest BCUT2D eigenvalue weighted by atomic mass is 10.1. The fourth-order valence-electron chi connectivity index (χ4n) is 3.71. The van der Waals surface area contributed by atoms with Crippen molar-refractivity contribution in [3.05, 3.63) is 94.2 Å². The molecule has 0 radical (unpaired) electrons. The van der Waals surface area contributed by atoms with Crippen molar-refractivity contribution in [1.82, 2.24) is 10.3 Å². The maximum Gasteiger partial charge on any atom is 0.276 e. The van der Waals surface area contributed by atoms with E-state index < -0.39 is 6.17 Å². The van der Waals surface area contributed by atoms with Crippen LogP contribution < -0.4 is 15.9 Å². The van der Waals surface area contributed by atoms with Crippen molar-refractivity contribution in [2.24, 2.45) is 10.1 Å². The Morgan fingerprint density at radius 2 is 2.09 bits per heavy atom. The number of hydrogen-bond acceptors (Lipinski definition) is 6. The molecule has 5 rings (SSSR count). The van der Waals surface area contributed by atoms with Crippen LogP contribution >= 0.6 is 23.4 Å². The van der Waals surface area contributed by atoms with Gasteiger partial charge in [-0.2, -0.15) is 0 Å². The lowest BCUT2D eigenvalue weighted by Gasteiger charge is -2.32. The van der Waals surface area contributed by atoms with Gasteiger partial charge in [0, 0.05) is 21.6 Å². The predicted octanol–water partition coefficient (Wildman–Crippen LogP) is 3.97. The minimum Gasteiger partial charge on any atom is -0.457 e. The number of nitrogens with zero attached hydrogens (tertiary/aromatic N) is 3. The van der Waals surface area contributed by atoms with Gasteiger partial charge in [-0.25, -0.2) is 10.0 Å². The molecule has 1 aromatic heterocycles. The smallest absolute Gasteiger partial charge is 0.276 e. The second-order valence-corrected chi connectivity index (χ2v) is 8.78. The molecule has 3 aromatic rings. The molecule has 2 aliphatic rings. The van der Waals surface area contributed by atoms with E-state index >= 15 is 0 Å². The number of thioether (sulfide) groups is 1. The zero-order chi connectivity index (χ0) is 22.2. The maximum absolute atomic E-state index is 13.1. The highest BCUT2D eigenvalue weighted by molar-refractivity contribution is 8.14. The minimum absolute atomic E-state index is 0.226. The standard InChI is InChI=1S/C24H19ClN4O2S/c1-3-12-32-24-27-23(30)21-16-6-4-5-7-18(16)26-22(29(21)28-24)20-11-10-19(31-20)17-13-15(25)9-8-14(17)2/h3-11,13,22H,1,12H2,2H3,(H,27,28,30)/t22-/m1/s1. The van der Waals surface area contributed by atoms with Crippen LogP contribution in [-0.2, 0) is 4.79 Å². The van der Waals surface area contributed by atoms with E-state index in [0.717, 1.165) is 16.3 Å². The molecule has 160 valence electrons. The number of amides is 1. The van der Waals surface area contributed by atoms with Crippen LogP contribution in [0.15, 0.2) is 81.8 Å². The summed E-state index contributed by atoms with van der Waals surface area (Å²) in [5.41, 5.74) is 2.40. The maximum atomic E-state index is 13.1. The van der Waals surface area contributed by atoms with E-state index in [9.17, 15) is 4.79 Å². The van der Waals surface area contributed by atoms with Crippen molar-refractivity contribution < 1.29 is 9.21 Å². The molecule has 3 heterocycles. The number of rotatable bonds is 4. The molecule has 0 saturated heterocycles. The number of amidine groups is 1. The van der Waals surface area contributed by atoms with Gasteiger partial charge < -0.3 is 4.42 Å². The largest absolute Gasteiger partial charge is 0.457 e. The fraction of sp³-hybridized carbons (Fsp3) is 0.125. The number of fused-ring (bicyclic) bond motifs is 2. The van der Waals surface area contributed by atoms with Crippen LogP contribution in [0.3, 0.4) is 0 Å². The molecule has 1 atom stereocenters. The molecule has 2 aliphatic heterocycles. The van der Waals surface area contributed by atoms with Gasteiger partial charge in [0.1, 0.15) is 11.5 Å². The first-order valence-corrected chi connectivity index (χ1v) is 11.4. The Morgan fingerprint density at radius 1 is 1.25 bits per heavy atom. The molecule has 0 fully saturated rings. The molecule has 0 spiro atoms. The molecule has 0 aliphatic carbocycles. The first kappa shape index (κ1) is 20.6. The molecule has 32 heavy (non-hydrogen) atoms. The molecule has 0 saturated carbocycles. The quantitative estimate of drug-likeness (QED) is 0.595. The Morgan fingerprint density at radius 3 is 2.94 bits per heavy atom. The zero-order valence-corrected chi connectivity index (χ0v) is 18.8. The van der Waals surface area contributed by atoms with E-state index in [-0.39, 0.29) is 5.91 Å². The number of carbonyl (C=O) groups excluding carboxylic acids is 1. The molecule has 1 N–H and O–H groups in total. The van der Waals surface area contributed by atoms with E-state index in [0.29, 0.717) is 38.5 Å². The van der Waals surface area contributed by atoms with E-state index in [1.54, 1.807) is 11.1 Å². The summed E-state index contributed by atoms with van der Waals surface area (Å²) < 4.78 is 6.23. The Hall–Kier alpha value is -3.29. The van der Waals surface area contributed by atoms with Gasteiger partial charge in [0.2, 0.25) is 6.17 Å². The third-order valence-electron chi connectivity index (χ3n) is 5.20. The number of hydrogen-bond donors (Lipinski definition) is 1. The normalized spacial score (nSPS) is 17.1. The molecule has 0 bridgehead atoms. The molecule has 0 unspecified atom stereocenters. The highest BCUT2D eigenvalue weighted by Crippen LogP contribution is 2.35. The van der Waals surface area contributed by atoms with Crippen LogP contribution in [-0.4, -0.2) is 21.8 Å². The Labute approximate surface area is 194 Å². The van der Waals surface area contributed by atoms with E-state index in [2.05, 4.69) is 17.0 Å². The number of carbonyl (C=O) groups is 1. The van der Waals surface area contributed by atoms with Gasteiger partial charge in [0.05, 0.1) is 5.36 Å². The van der Waals surface area contributed by atoms with Crippen LogP contribution in [0.25, 0.3) is 17.0 Å². The van der Waals surface area contributed by atoms with Gasteiger partial charge in [-0.1, -0.05) is 53.7 Å². The number of halogens is 1. The van der Waals surface area contributed by atoms with Crippen molar-refractivity contribution in [2.75, 3.05) is 5.75 Å². The summed E-state index contributed by atoms with van der Waals surface area (Å²) in [7, 11) is 0. The number of nitrogens with one attached hydrogen (secondary N) is 1. The minimum atomic E-state index is -0.612. The molecule has 2 aromatic carbocycles. The van der Waals surface area contributed by atoms with Crippen LogP contribution in [0.2, 0.25) is 5.02 Å². The van der Waals surface area contributed by atoms with Crippen molar-refractivity contribution in [3.63, 3.8) is 0 Å². The van der Waals surface area contributed by atoms with Crippen LogP contribution in [0.4, 0.5) is 0 Å². The van der Waals surface area contributed by atoms with E-state index in [1.165, 1.54) is 11.8 Å². The number of aryl methyl sites for hydroxylation is 1. The van der Waals surface area contributed by atoms with Gasteiger partial charge in [-0.05, 0) is 42.8 Å². The number of benzene rings is 2. The summed E-state index contributed by atoms with van der Waals surface area (Å²) in [6.45, 7) is 5.74. The van der Waals surface area contributed by atoms with Gasteiger partial charge >= 0.3 is 0 Å². The summed E-state index contributed by atoms with van der Waals surface area (Å²) in [6, 6.07) is 17.0. The second kappa shape index (κ2) is 8.33. The average Bonchev–Trinajstić information content (AvgIpc) is 3.28. The van der Waals surface area contributed by atoms with Gasteiger partial charge in [-0.3, -0.25) is 10.1 Å². The van der Waals surface area contributed by atoms with Crippen LogP contribution in [0.5, 0.6) is 0 Å². The summed E-state index contributed by atoms with van der Waals surface area (Å²) >= 11 is 7.60. The van der Waals surface area contributed by atoms with E-state index in [1.807, 2.05) is 61.5 Å². The van der Waals surface area contributed by atoms with Crippen molar-refractivity contribution in [3.8, 4) is 11.3 Å². The summed E-state index contributed by atoms with van der Waals surface area (Å²) in [5, 5.41) is 11.8. The lowest BCUT2D eigenvalue weighted by Crippen LogP contribution is -2.50. The lowest BCUT2D eigenvalue weighted by molar-refractivity contribution is -0.116. The summed E-state index contributed by atoms with van der Waals surface area (Å²) in [6.07, 6.45) is 1.15. The molecule has 8 heteroatoms. The third-order valence-corrected chi connectivity index (χ3v) is 6.29. The average molecular weight is 463 g/mol. The molecule has 1 amide bonds. The monoisotopic (exact) mass is 462 g/mol. The summed E-state index contributed by atoms with van der Waals surface area (Å²) in [5.74, 6) is 1.66. The predicted molar refractivity (Wildman–Crippen MR) is 127 cm³/mol. The van der Waals surface area contributed by atoms with Crippen molar-refractivity contribution >= 4 is 40.1 Å². The highest BCUT2D eigenvalue weighted by Gasteiger charge is 2.35. The van der Waals surface area contributed by atoms with Gasteiger partial charge in [0.25, 0.3) is 5.91 Å². The number of para-hydroxylation sites is 1. The second-order valence-electron chi connectivity index (χ2n) is 7.33. The van der Waals surface area contributed by atoms with Gasteiger partial charge in [-0.15, -0.1) is 11.7 Å². The molecular weight excluding hydrogens is 444 g/mol. The number of furan rings is 1. The Bertz CT molecular complexity index is 1390. The molecule has 6 nitrogen and oxygen atoms in total. The Balaban J connectivity index is 1.63. The van der Waals surface area contributed by atoms with Crippen LogP contribution in [0.1, 0.15) is 17.5 Å². The third kappa shape index (κ3) is 3.63. The van der Waals surface area contributed by atoms with Crippen LogP contribution in [0, 0.1) is 6.92 Å². The van der Waals surface area contributed by atoms with Crippen molar-refractivity contribution in [1.29, 1.82) is 0 Å².